The maximum absolute atomic E-state index is 11.5. The molecule has 1 aromatic heterocycles. The Morgan fingerprint density at radius 2 is 1.46 bits per heavy atom. The van der Waals surface area contributed by atoms with E-state index in [9.17, 15) is 22.1 Å². The first-order chi connectivity index (χ1) is 22.0. The number of nitrogens with zero attached hydrogens (tertiary/aromatic N) is 6. The van der Waals surface area contributed by atoms with Gasteiger partial charge in [-0.15, -0.1) is 5.11 Å². The van der Waals surface area contributed by atoms with Gasteiger partial charge in [0.25, 0.3) is 10.1 Å². The highest BCUT2D eigenvalue weighted by Gasteiger charge is 2.17. The lowest BCUT2D eigenvalue weighted by Gasteiger charge is -2.15. The molecular weight excluding hydrogens is 637 g/mol. The van der Waals surface area contributed by atoms with Crippen molar-refractivity contribution in [2.24, 2.45) is 20.5 Å². The molecule has 0 aliphatic heterocycles. The summed E-state index contributed by atoms with van der Waals surface area (Å²) in [6, 6.07) is 14.1. The highest BCUT2D eigenvalue weighted by molar-refractivity contribution is 7.94. The number of anilines is 2. The second-order valence-corrected chi connectivity index (χ2v) is 13.0. The van der Waals surface area contributed by atoms with Crippen molar-refractivity contribution in [3.63, 3.8) is 0 Å². The molecule has 0 amide bonds. The van der Waals surface area contributed by atoms with Crippen LogP contribution in [0.3, 0.4) is 0 Å². The maximum atomic E-state index is 11.5. The smallest absolute Gasteiger partial charge is 0.294 e. The zero-order chi connectivity index (χ0) is 33.6. The first kappa shape index (κ1) is 35.9. The normalized spacial score (nSPS) is 12.0. The van der Waals surface area contributed by atoms with E-state index >= 15 is 0 Å². The number of benzene rings is 2. The lowest BCUT2D eigenvalue weighted by Crippen LogP contribution is -2.16. The summed E-state index contributed by atoms with van der Waals surface area (Å²) < 4.78 is 65.0. The molecule has 0 saturated heterocycles. The quantitative estimate of drug-likeness (QED) is 0.0837. The predicted molar refractivity (Wildman–Crippen MR) is 173 cm³/mol. The number of nitriles is 1. The highest BCUT2D eigenvalue weighted by atomic mass is 32.2. The third-order valence-electron chi connectivity index (χ3n) is 6.18. The molecule has 0 aliphatic carbocycles. The molecule has 15 nitrogen and oxygen atoms in total. The van der Waals surface area contributed by atoms with Crippen LogP contribution in [0.15, 0.2) is 85.9 Å². The van der Waals surface area contributed by atoms with E-state index in [0.717, 1.165) is 5.41 Å². The van der Waals surface area contributed by atoms with Gasteiger partial charge < -0.3 is 20.1 Å². The molecule has 0 spiro atoms. The van der Waals surface area contributed by atoms with Crippen LogP contribution in [0.25, 0.3) is 0 Å². The van der Waals surface area contributed by atoms with Crippen molar-refractivity contribution in [2.75, 3.05) is 56.4 Å². The summed E-state index contributed by atoms with van der Waals surface area (Å²) in [7, 11) is -6.03. The van der Waals surface area contributed by atoms with Gasteiger partial charge >= 0.3 is 0 Å². The van der Waals surface area contributed by atoms with E-state index in [1.165, 1.54) is 24.3 Å². The van der Waals surface area contributed by atoms with Crippen LogP contribution < -0.4 is 10.6 Å². The van der Waals surface area contributed by atoms with E-state index < -0.39 is 20.0 Å². The Kier molecular flexibility index (Phi) is 13.4. The van der Waals surface area contributed by atoms with Crippen molar-refractivity contribution in [1.82, 2.24) is 4.98 Å². The van der Waals surface area contributed by atoms with Crippen LogP contribution in [0.4, 0.5) is 34.4 Å². The van der Waals surface area contributed by atoms with Crippen molar-refractivity contribution in [3.05, 3.63) is 71.6 Å². The van der Waals surface area contributed by atoms with E-state index in [1.54, 1.807) is 38.3 Å². The van der Waals surface area contributed by atoms with E-state index in [1.807, 2.05) is 0 Å². The Morgan fingerprint density at radius 3 is 2.00 bits per heavy atom. The average Bonchev–Trinajstić information content (AvgIpc) is 3.03. The molecule has 244 valence electrons. The summed E-state index contributed by atoms with van der Waals surface area (Å²) in [5, 5.41) is 34.0. The minimum Gasteiger partial charge on any atom is -0.385 e. The van der Waals surface area contributed by atoms with Gasteiger partial charge in [-0.3, -0.25) is 4.55 Å². The van der Waals surface area contributed by atoms with Gasteiger partial charge in [0.05, 0.1) is 46.5 Å². The molecule has 3 rings (SSSR count). The van der Waals surface area contributed by atoms with Crippen LogP contribution in [0.5, 0.6) is 0 Å². The summed E-state index contributed by atoms with van der Waals surface area (Å²) in [6.07, 6.45) is 0.693. The van der Waals surface area contributed by atoms with Gasteiger partial charge in [0.2, 0.25) is 0 Å². The van der Waals surface area contributed by atoms with Crippen LogP contribution in [0.2, 0.25) is 0 Å². The van der Waals surface area contributed by atoms with Crippen molar-refractivity contribution in [1.29, 1.82) is 5.26 Å². The molecule has 0 unspecified atom stereocenters. The average molecular weight is 671 g/mol. The zero-order valence-electron chi connectivity index (χ0n) is 25.2. The molecule has 0 radical (unpaired) electrons. The number of nitrogens with one attached hydrogen (secondary N) is 2. The largest absolute Gasteiger partial charge is 0.385 e. The first-order valence-corrected chi connectivity index (χ1v) is 17.0. The Morgan fingerprint density at radius 1 is 0.891 bits per heavy atom. The van der Waals surface area contributed by atoms with Gasteiger partial charge in [0.15, 0.2) is 15.7 Å². The van der Waals surface area contributed by atoms with Gasteiger partial charge in [-0.05, 0) is 61.9 Å². The number of aromatic nitrogens is 1. The molecular formula is C29H34N8O7S2. The number of sulfone groups is 1. The number of ether oxygens (including phenoxy) is 2. The SMILES string of the molecule is C=CS(=O)(=O)CCOCCNc1nc(NCCCOC)c(N=Nc2ccc(N=Nc3ccc(S(=O)(=O)O)cc3)cc2)c(C)c1C#N. The fraction of sp³-hybridized carbons (Fsp3) is 0.310. The van der Waals surface area contributed by atoms with Crippen molar-refractivity contribution in [3.8, 4) is 6.07 Å². The Hall–Kier alpha value is -4.60. The molecule has 0 fully saturated rings. The third kappa shape index (κ3) is 11.1. The molecule has 0 aliphatic rings. The number of hydrogen-bond acceptors (Lipinski definition) is 14. The molecule has 17 heteroatoms. The van der Waals surface area contributed by atoms with E-state index in [-0.39, 0.29) is 36.0 Å². The van der Waals surface area contributed by atoms with Gasteiger partial charge in [-0.1, -0.05) is 6.58 Å². The Bertz CT molecular complexity index is 1810. The van der Waals surface area contributed by atoms with Crippen LogP contribution in [0.1, 0.15) is 17.5 Å². The van der Waals surface area contributed by atoms with Crippen LogP contribution in [-0.4, -0.2) is 72.1 Å². The third-order valence-corrected chi connectivity index (χ3v) is 8.29. The van der Waals surface area contributed by atoms with Crippen LogP contribution in [0, 0.1) is 18.3 Å². The molecule has 3 N–H and O–H groups in total. The van der Waals surface area contributed by atoms with E-state index in [4.69, 9.17) is 14.0 Å². The molecule has 2 aromatic carbocycles. The van der Waals surface area contributed by atoms with Gasteiger partial charge in [0, 0.05) is 37.8 Å². The molecule has 1 heterocycles. The monoisotopic (exact) mass is 670 g/mol. The minimum absolute atomic E-state index is 0.0104. The lowest BCUT2D eigenvalue weighted by atomic mass is 10.1. The number of hydrogen-bond donors (Lipinski definition) is 3. The Balaban J connectivity index is 1.75. The molecule has 3 aromatic rings. The molecule has 0 atom stereocenters. The van der Waals surface area contributed by atoms with Crippen LogP contribution >= 0.6 is 0 Å². The zero-order valence-corrected chi connectivity index (χ0v) is 26.9. The Labute approximate surface area is 267 Å². The summed E-state index contributed by atoms with van der Waals surface area (Å²) in [5.74, 6) is 0.551. The highest BCUT2D eigenvalue weighted by Crippen LogP contribution is 2.35. The summed E-state index contributed by atoms with van der Waals surface area (Å²) >= 11 is 0. The second-order valence-electron chi connectivity index (χ2n) is 9.50. The number of rotatable bonds is 18. The fourth-order valence-corrected chi connectivity index (χ4v) is 4.72. The molecule has 46 heavy (non-hydrogen) atoms. The standard InChI is InChI=1S/C29H34N8O7S2/c1-4-45(38,39)19-18-44-17-15-32-28-26(20-30)21(2)27(29(33-28)31-14-5-16-43-3)37-36-23-8-6-22(7-9-23)34-35-24-10-12-25(13-11-24)46(40,41)42/h4,6-13H,1,5,14-19H2,2-3H3,(H2,31,32,33)(H,40,41,42). The number of methoxy groups -OCH3 is 1. The molecule has 0 bridgehead atoms. The van der Waals surface area contributed by atoms with Gasteiger partial charge in [0.1, 0.15) is 17.6 Å². The first-order valence-electron chi connectivity index (χ1n) is 13.8. The van der Waals surface area contributed by atoms with Crippen LogP contribution in [-0.2, 0) is 29.4 Å². The second kappa shape index (κ2) is 17.2. The number of azo groups is 2. The van der Waals surface area contributed by atoms with Gasteiger partial charge in [-0.25, -0.2) is 13.4 Å². The summed E-state index contributed by atoms with van der Waals surface area (Å²) in [6.45, 7) is 6.53. The maximum Gasteiger partial charge on any atom is 0.294 e. The van der Waals surface area contributed by atoms with Crippen molar-refractivity contribution < 1.29 is 30.9 Å². The molecule has 0 saturated carbocycles. The lowest BCUT2D eigenvalue weighted by molar-refractivity contribution is 0.159. The van der Waals surface area contributed by atoms with Gasteiger partial charge in [-0.2, -0.15) is 29.0 Å². The minimum atomic E-state index is -4.29. The number of pyridine rings is 1. The van der Waals surface area contributed by atoms with E-state index in [0.29, 0.717) is 59.5 Å². The van der Waals surface area contributed by atoms with E-state index in [2.05, 4.69) is 48.7 Å². The van der Waals surface area contributed by atoms with Crippen molar-refractivity contribution >= 4 is 54.3 Å². The topological polar surface area (TPSA) is 217 Å². The van der Waals surface area contributed by atoms with Crippen molar-refractivity contribution in [2.45, 2.75) is 18.2 Å². The predicted octanol–water partition coefficient (Wildman–Crippen LogP) is 5.77. The summed E-state index contributed by atoms with van der Waals surface area (Å²) in [5.41, 5.74) is 2.58. The summed E-state index contributed by atoms with van der Waals surface area (Å²) in [4.78, 5) is 4.35. The fourth-order valence-electron chi connectivity index (χ4n) is 3.72.